The molecule has 0 saturated carbocycles. The average Bonchev–Trinajstić information content (AvgIpc) is 4.00. The Morgan fingerprint density at radius 3 is 1.19 bits per heavy atom. The van der Waals surface area contributed by atoms with Crippen molar-refractivity contribution in [3.63, 3.8) is 0 Å². The van der Waals surface area contributed by atoms with Crippen LogP contribution in [0.4, 0.5) is 0 Å². The zero-order valence-corrected chi connectivity index (χ0v) is 37.3. The van der Waals surface area contributed by atoms with Gasteiger partial charge in [-0.05, 0) is 93.3 Å². The zero-order chi connectivity index (χ0) is 46.1. The largest absolute Gasteiger partial charge is 0.456 e. The molecular weight excluding hydrogens is 861 g/mol. The molecule has 0 fully saturated rings. The van der Waals surface area contributed by atoms with Gasteiger partial charge in [0, 0.05) is 54.9 Å². The number of hydrogen-bond donors (Lipinski definition) is 0. The predicted octanol–water partition coefficient (Wildman–Crippen LogP) is 15.8. The van der Waals surface area contributed by atoms with E-state index in [0.29, 0.717) is 34.9 Å². The van der Waals surface area contributed by atoms with Gasteiger partial charge in [0.05, 0.1) is 0 Å². The fraction of sp³-hybridized carbons (Fsp3) is 0. The van der Waals surface area contributed by atoms with Crippen LogP contribution in [-0.2, 0) is 0 Å². The third-order valence-corrected chi connectivity index (χ3v) is 13.2. The first-order valence-corrected chi connectivity index (χ1v) is 23.2. The van der Waals surface area contributed by atoms with Crippen molar-refractivity contribution in [2.75, 3.05) is 0 Å². The number of hydrogen-bond acceptors (Lipinski definition) is 8. The Balaban J connectivity index is 0.815. The van der Waals surface area contributed by atoms with E-state index in [1.807, 2.05) is 91.0 Å². The Bertz CT molecular complexity index is 4370. The van der Waals surface area contributed by atoms with Crippen molar-refractivity contribution in [3.8, 4) is 79.5 Å². The minimum Gasteiger partial charge on any atom is -0.456 e. The molecule has 8 heteroatoms. The van der Waals surface area contributed by atoms with E-state index >= 15 is 0 Å². The summed E-state index contributed by atoms with van der Waals surface area (Å²) in [6.45, 7) is 0. The normalized spacial score (nSPS) is 11.7. The number of para-hydroxylation sites is 1. The van der Waals surface area contributed by atoms with Crippen LogP contribution in [0.1, 0.15) is 0 Å². The van der Waals surface area contributed by atoms with Crippen LogP contribution in [0.15, 0.2) is 227 Å². The number of fused-ring (bicyclic) bond motifs is 8. The summed E-state index contributed by atoms with van der Waals surface area (Å²) in [6.07, 6.45) is 0. The first kappa shape index (κ1) is 39.5. The Kier molecular flexibility index (Phi) is 9.03. The molecule has 8 nitrogen and oxygen atoms in total. The van der Waals surface area contributed by atoms with Crippen molar-refractivity contribution >= 4 is 65.4 Å². The van der Waals surface area contributed by atoms with Gasteiger partial charge in [0.2, 0.25) is 0 Å². The molecule has 4 heterocycles. The molecule has 4 aromatic heterocycles. The molecule has 0 bridgehead atoms. The Hall–Kier alpha value is -9.66. The molecule has 10 aromatic carbocycles. The lowest BCUT2D eigenvalue weighted by molar-refractivity contribution is 0.668. The van der Waals surface area contributed by atoms with E-state index in [1.54, 1.807) is 0 Å². The van der Waals surface area contributed by atoms with Crippen LogP contribution >= 0.6 is 0 Å². The van der Waals surface area contributed by atoms with E-state index in [1.165, 1.54) is 0 Å². The molecule has 326 valence electrons. The maximum absolute atomic E-state index is 6.63. The van der Waals surface area contributed by atoms with E-state index < -0.39 is 0 Å². The second-order valence-electron chi connectivity index (χ2n) is 17.5. The van der Waals surface area contributed by atoms with Gasteiger partial charge < -0.3 is 8.83 Å². The highest BCUT2D eigenvalue weighted by Gasteiger charge is 2.18. The van der Waals surface area contributed by atoms with Crippen LogP contribution in [-0.4, -0.2) is 29.9 Å². The molecule has 0 spiro atoms. The van der Waals surface area contributed by atoms with Gasteiger partial charge in [-0.25, -0.2) is 29.9 Å². The molecule has 0 aliphatic rings. The molecule has 0 N–H and O–H groups in total. The van der Waals surface area contributed by atoms with Gasteiger partial charge in [-0.1, -0.05) is 158 Å². The van der Waals surface area contributed by atoms with Crippen molar-refractivity contribution in [2.24, 2.45) is 0 Å². The lowest BCUT2D eigenvalue weighted by Crippen LogP contribution is -2.00. The molecule has 0 atom stereocenters. The summed E-state index contributed by atoms with van der Waals surface area (Å²) in [5.41, 5.74) is 10.6. The van der Waals surface area contributed by atoms with Crippen LogP contribution < -0.4 is 0 Å². The summed E-state index contributed by atoms with van der Waals surface area (Å²) in [6, 6.07) is 74.5. The third kappa shape index (κ3) is 6.93. The summed E-state index contributed by atoms with van der Waals surface area (Å²) in [5, 5.41) is 8.67. The van der Waals surface area contributed by atoms with Gasteiger partial charge in [0.1, 0.15) is 22.3 Å². The Labute approximate surface area is 400 Å². The van der Waals surface area contributed by atoms with Crippen molar-refractivity contribution < 1.29 is 8.83 Å². The molecule has 0 unspecified atom stereocenters. The van der Waals surface area contributed by atoms with E-state index in [0.717, 1.165) is 110 Å². The summed E-state index contributed by atoms with van der Waals surface area (Å²) < 4.78 is 12.8. The van der Waals surface area contributed by atoms with Gasteiger partial charge in [-0.3, -0.25) is 0 Å². The lowest BCUT2D eigenvalue weighted by atomic mass is 10.0. The van der Waals surface area contributed by atoms with Gasteiger partial charge in [0.25, 0.3) is 0 Å². The molecule has 0 radical (unpaired) electrons. The van der Waals surface area contributed by atoms with Crippen LogP contribution in [0.5, 0.6) is 0 Å². The molecule has 14 aromatic rings. The minimum absolute atomic E-state index is 0.572. The molecule has 0 aliphatic heterocycles. The van der Waals surface area contributed by atoms with Crippen LogP contribution in [0.3, 0.4) is 0 Å². The van der Waals surface area contributed by atoms with Crippen LogP contribution in [0.25, 0.3) is 145 Å². The molecule has 14 rings (SSSR count). The Morgan fingerprint density at radius 2 is 0.571 bits per heavy atom. The zero-order valence-electron chi connectivity index (χ0n) is 37.3. The smallest absolute Gasteiger partial charge is 0.164 e. The molecule has 70 heavy (non-hydrogen) atoms. The maximum atomic E-state index is 6.63. The summed E-state index contributed by atoms with van der Waals surface area (Å²) in [4.78, 5) is 30.3. The van der Waals surface area contributed by atoms with Crippen molar-refractivity contribution in [1.29, 1.82) is 0 Å². The highest BCUT2D eigenvalue weighted by Crippen LogP contribution is 2.37. The van der Waals surface area contributed by atoms with Crippen molar-refractivity contribution in [3.05, 3.63) is 218 Å². The van der Waals surface area contributed by atoms with Gasteiger partial charge in [-0.15, -0.1) is 0 Å². The second-order valence-corrected chi connectivity index (χ2v) is 17.5. The van der Waals surface area contributed by atoms with Crippen LogP contribution in [0.2, 0.25) is 0 Å². The highest BCUT2D eigenvalue weighted by atomic mass is 16.3. The second kappa shape index (κ2) is 16.0. The SMILES string of the molecule is c1ccc(-c2nc(-c3ccc4ccccc4c3)nc(-c3ccc4c(c3)oc3cc(-c5ccc(-c6nc(-c7ccc8ccccc8c7)nc(-c7ccc8oc9ccccc9c8c7)n6)cc5)ccc34)n2)cc1. The summed E-state index contributed by atoms with van der Waals surface area (Å²) in [7, 11) is 0. The van der Waals surface area contributed by atoms with Crippen molar-refractivity contribution in [2.45, 2.75) is 0 Å². The number of benzene rings is 10. The van der Waals surface area contributed by atoms with E-state index in [2.05, 4.69) is 127 Å². The minimum atomic E-state index is 0.572. The lowest BCUT2D eigenvalue weighted by Gasteiger charge is -2.10. The third-order valence-electron chi connectivity index (χ3n) is 13.2. The topological polar surface area (TPSA) is 104 Å². The van der Waals surface area contributed by atoms with E-state index in [9.17, 15) is 0 Å². The first-order chi connectivity index (χ1) is 34.6. The number of rotatable bonds is 7. The molecule has 0 saturated heterocycles. The highest BCUT2D eigenvalue weighted by molar-refractivity contribution is 6.07. The monoisotopic (exact) mass is 896 g/mol. The molecule has 0 amide bonds. The predicted molar refractivity (Wildman–Crippen MR) is 281 cm³/mol. The van der Waals surface area contributed by atoms with Gasteiger partial charge >= 0.3 is 0 Å². The fourth-order valence-corrected chi connectivity index (χ4v) is 9.54. The number of aromatic nitrogens is 6. The van der Waals surface area contributed by atoms with Gasteiger partial charge in [-0.2, -0.15) is 0 Å². The number of furan rings is 2. The van der Waals surface area contributed by atoms with Crippen molar-refractivity contribution in [1.82, 2.24) is 29.9 Å². The van der Waals surface area contributed by atoms with Crippen LogP contribution in [0, 0.1) is 0 Å². The summed E-state index contributed by atoms with van der Waals surface area (Å²) >= 11 is 0. The number of nitrogens with zero attached hydrogens (tertiary/aromatic N) is 6. The van der Waals surface area contributed by atoms with Gasteiger partial charge in [0.15, 0.2) is 34.9 Å². The molecule has 0 aliphatic carbocycles. The molecular formula is C62H36N6O2. The fourth-order valence-electron chi connectivity index (χ4n) is 9.54. The maximum Gasteiger partial charge on any atom is 0.164 e. The van der Waals surface area contributed by atoms with E-state index in [4.69, 9.17) is 38.7 Å². The first-order valence-electron chi connectivity index (χ1n) is 23.2. The standard InChI is InChI=1S/C62H36N6O2/c1-2-12-40(13-3-1)57-63-59(45-24-20-37-10-4-6-14-42(37)32-45)68-62(64-57)48-27-30-51-50-29-26-44(35-55(50)70-56(51)36-48)39-18-22-41(23-19-39)58-65-60(46-25-21-38-11-5-7-15-43(38)33-46)67-61(66-58)47-28-31-54-52(34-47)49-16-8-9-17-53(49)69-54/h1-36H. The summed E-state index contributed by atoms with van der Waals surface area (Å²) in [5.74, 6) is 3.55. The van der Waals surface area contributed by atoms with E-state index in [-0.39, 0.29) is 0 Å². The quantitative estimate of drug-likeness (QED) is 0.156. The Morgan fingerprint density at radius 1 is 0.200 bits per heavy atom. The average molecular weight is 897 g/mol.